The Morgan fingerprint density at radius 3 is 2.65 bits per heavy atom. The molecular weight excluding hydrogens is 290 g/mol. The molecule has 0 bridgehead atoms. The first kappa shape index (κ1) is 13.9. The zero-order valence-electron chi connectivity index (χ0n) is 12.8. The average Bonchev–Trinajstić information content (AvgIpc) is 2.91. The number of nitrogens with one attached hydrogen (secondary N) is 1. The first-order valence-electron chi connectivity index (χ1n) is 7.88. The number of aromatic amines is 1. The lowest BCUT2D eigenvalue weighted by molar-refractivity contribution is 0.395. The van der Waals surface area contributed by atoms with Crippen LogP contribution in [0.15, 0.2) is 47.4 Å². The van der Waals surface area contributed by atoms with E-state index >= 15 is 0 Å². The second-order valence-corrected chi connectivity index (χ2v) is 5.99. The second-order valence-electron chi connectivity index (χ2n) is 5.99. The van der Waals surface area contributed by atoms with Gasteiger partial charge in [0.1, 0.15) is 5.82 Å². The van der Waals surface area contributed by atoms with Gasteiger partial charge in [-0.1, -0.05) is 12.1 Å². The summed E-state index contributed by atoms with van der Waals surface area (Å²) in [5, 5.41) is 0. The Hall–Kier alpha value is -2.76. The van der Waals surface area contributed by atoms with Crippen molar-refractivity contribution >= 4 is 22.5 Å². The number of piperidine rings is 1. The summed E-state index contributed by atoms with van der Waals surface area (Å²) in [6.07, 6.45) is 3.53. The van der Waals surface area contributed by atoms with Crippen molar-refractivity contribution in [1.29, 1.82) is 0 Å². The third-order valence-electron chi connectivity index (χ3n) is 4.55. The van der Waals surface area contributed by atoms with Gasteiger partial charge in [-0.05, 0) is 37.1 Å². The molecule has 0 amide bonds. The number of nitrogens with two attached hydrogens (primary N) is 1. The topological polar surface area (TPSA) is 79.9 Å². The molecule has 3 N–H and O–H groups in total. The number of hydrogen-bond donors (Lipinski definition) is 2. The quantitative estimate of drug-likeness (QED) is 0.760. The van der Waals surface area contributed by atoms with E-state index in [1.165, 1.54) is 0 Å². The predicted molar refractivity (Wildman–Crippen MR) is 91.7 cm³/mol. The lowest BCUT2D eigenvalue weighted by Crippen LogP contribution is -2.37. The van der Waals surface area contributed by atoms with Crippen LogP contribution in [0.4, 0.5) is 11.5 Å². The highest BCUT2D eigenvalue weighted by atomic mass is 16.1. The fraction of sp³-hybridized carbons (Fsp3) is 0.294. The van der Waals surface area contributed by atoms with Crippen molar-refractivity contribution in [2.24, 2.45) is 0 Å². The number of anilines is 2. The fourth-order valence-electron chi connectivity index (χ4n) is 3.37. The molecule has 1 aliphatic heterocycles. The normalized spacial score (nSPS) is 16.1. The first-order chi connectivity index (χ1) is 11.2. The minimum absolute atomic E-state index is 0.0183. The van der Waals surface area contributed by atoms with Crippen LogP contribution in [0.5, 0.6) is 0 Å². The molecule has 23 heavy (non-hydrogen) atoms. The number of nitrogens with zero attached hydrogens (tertiary/aromatic N) is 3. The molecule has 2 aromatic heterocycles. The molecular formula is C17H19N5O. The summed E-state index contributed by atoms with van der Waals surface area (Å²) in [5.74, 6) is 0.948. The van der Waals surface area contributed by atoms with Crippen LogP contribution in [0, 0.1) is 0 Å². The molecule has 3 aromatic rings. The van der Waals surface area contributed by atoms with Crippen LogP contribution >= 0.6 is 0 Å². The molecule has 0 atom stereocenters. The van der Waals surface area contributed by atoms with E-state index in [4.69, 9.17) is 5.73 Å². The molecule has 1 aromatic carbocycles. The Morgan fingerprint density at radius 1 is 1.13 bits per heavy atom. The van der Waals surface area contributed by atoms with Gasteiger partial charge in [-0.3, -0.25) is 4.57 Å². The van der Waals surface area contributed by atoms with Gasteiger partial charge in [0.15, 0.2) is 0 Å². The number of rotatable bonds is 2. The summed E-state index contributed by atoms with van der Waals surface area (Å²) < 4.78 is 1.91. The molecule has 0 saturated carbocycles. The second kappa shape index (κ2) is 5.46. The highest BCUT2D eigenvalue weighted by Crippen LogP contribution is 2.27. The lowest BCUT2D eigenvalue weighted by Gasteiger charge is -2.33. The van der Waals surface area contributed by atoms with Crippen molar-refractivity contribution in [3.63, 3.8) is 0 Å². The van der Waals surface area contributed by atoms with Gasteiger partial charge in [0.05, 0.1) is 22.9 Å². The number of imidazole rings is 1. The Bertz CT molecular complexity index is 872. The minimum atomic E-state index is -0.0183. The summed E-state index contributed by atoms with van der Waals surface area (Å²) >= 11 is 0. The number of nitrogen functional groups attached to an aromatic ring is 1. The third-order valence-corrected chi connectivity index (χ3v) is 4.55. The van der Waals surface area contributed by atoms with E-state index in [1.54, 1.807) is 6.20 Å². The molecule has 1 fully saturated rings. The molecule has 6 heteroatoms. The number of H-pyrrole nitrogens is 1. The molecule has 0 unspecified atom stereocenters. The van der Waals surface area contributed by atoms with Crippen molar-refractivity contribution in [3.05, 3.63) is 53.1 Å². The zero-order valence-corrected chi connectivity index (χ0v) is 12.8. The number of hydrogen-bond acceptors (Lipinski definition) is 4. The van der Waals surface area contributed by atoms with Crippen LogP contribution in [0.2, 0.25) is 0 Å². The van der Waals surface area contributed by atoms with E-state index in [0.717, 1.165) is 42.8 Å². The maximum absolute atomic E-state index is 12.3. The number of fused-ring (bicyclic) bond motifs is 1. The van der Waals surface area contributed by atoms with Crippen LogP contribution in [0.25, 0.3) is 11.0 Å². The molecule has 0 spiro atoms. The SMILES string of the molecule is Nc1ccc(N2CCC(n3c(=O)[nH]c4ccccc43)CC2)nc1. The van der Waals surface area contributed by atoms with Crippen molar-refractivity contribution in [2.45, 2.75) is 18.9 Å². The predicted octanol–water partition coefficient (Wildman–Crippen LogP) is 2.15. The zero-order chi connectivity index (χ0) is 15.8. The van der Waals surface area contributed by atoms with Crippen LogP contribution < -0.4 is 16.3 Å². The van der Waals surface area contributed by atoms with Crippen LogP contribution in [-0.2, 0) is 0 Å². The maximum atomic E-state index is 12.3. The van der Waals surface area contributed by atoms with Gasteiger partial charge < -0.3 is 15.6 Å². The van der Waals surface area contributed by atoms with Gasteiger partial charge in [0.2, 0.25) is 0 Å². The third kappa shape index (κ3) is 2.46. The number of pyridine rings is 1. The van der Waals surface area contributed by atoms with Crippen LogP contribution in [0.1, 0.15) is 18.9 Å². The van der Waals surface area contributed by atoms with E-state index < -0.39 is 0 Å². The maximum Gasteiger partial charge on any atom is 0.326 e. The summed E-state index contributed by atoms with van der Waals surface area (Å²) in [7, 11) is 0. The molecule has 4 rings (SSSR count). The summed E-state index contributed by atoms with van der Waals surface area (Å²) in [6, 6.07) is 11.9. The molecule has 1 saturated heterocycles. The molecule has 0 radical (unpaired) electrons. The summed E-state index contributed by atoms with van der Waals surface area (Å²) in [4.78, 5) is 21.9. The first-order valence-corrected chi connectivity index (χ1v) is 7.88. The van der Waals surface area contributed by atoms with Crippen molar-refractivity contribution in [3.8, 4) is 0 Å². The van der Waals surface area contributed by atoms with Gasteiger partial charge in [-0.2, -0.15) is 0 Å². The highest BCUT2D eigenvalue weighted by molar-refractivity contribution is 5.75. The monoisotopic (exact) mass is 309 g/mol. The van der Waals surface area contributed by atoms with Crippen LogP contribution in [0.3, 0.4) is 0 Å². The van der Waals surface area contributed by atoms with E-state index in [0.29, 0.717) is 5.69 Å². The number of para-hydroxylation sites is 2. The van der Waals surface area contributed by atoms with Gasteiger partial charge in [0.25, 0.3) is 0 Å². The van der Waals surface area contributed by atoms with Gasteiger partial charge in [-0.15, -0.1) is 0 Å². The Kier molecular flexibility index (Phi) is 3.29. The Morgan fingerprint density at radius 2 is 1.91 bits per heavy atom. The highest BCUT2D eigenvalue weighted by Gasteiger charge is 2.24. The molecule has 118 valence electrons. The van der Waals surface area contributed by atoms with Crippen molar-refractivity contribution < 1.29 is 0 Å². The van der Waals surface area contributed by atoms with E-state index in [1.807, 2.05) is 41.0 Å². The molecule has 6 nitrogen and oxygen atoms in total. The fourth-order valence-corrected chi connectivity index (χ4v) is 3.37. The minimum Gasteiger partial charge on any atom is -0.397 e. The van der Waals surface area contributed by atoms with E-state index in [2.05, 4.69) is 14.9 Å². The number of aromatic nitrogens is 3. The lowest BCUT2D eigenvalue weighted by atomic mass is 10.0. The smallest absolute Gasteiger partial charge is 0.326 e. The average molecular weight is 309 g/mol. The van der Waals surface area contributed by atoms with Crippen molar-refractivity contribution in [2.75, 3.05) is 23.7 Å². The largest absolute Gasteiger partial charge is 0.397 e. The van der Waals surface area contributed by atoms with Crippen molar-refractivity contribution in [1.82, 2.24) is 14.5 Å². The summed E-state index contributed by atoms with van der Waals surface area (Å²) in [5.41, 5.74) is 8.24. The Balaban J connectivity index is 1.56. The Labute approximate surface area is 133 Å². The molecule has 3 heterocycles. The van der Waals surface area contributed by atoms with Crippen LogP contribution in [-0.4, -0.2) is 27.6 Å². The van der Waals surface area contributed by atoms with Gasteiger partial charge in [0, 0.05) is 19.1 Å². The molecule has 1 aliphatic rings. The van der Waals surface area contributed by atoms with Gasteiger partial charge in [-0.25, -0.2) is 9.78 Å². The van der Waals surface area contributed by atoms with E-state index in [-0.39, 0.29) is 11.7 Å². The standard InChI is InChI=1S/C17H19N5O/c18-12-5-6-16(19-11-12)21-9-7-13(8-10-21)22-15-4-2-1-3-14(15)20-17(22)23/h1-6,11,13H,7-10,18H2,(H,20,23). The number of benzene rings is 1. The summed E-state index contributed by atoms with van der Waals surface area (Å²) in [6.45, 7) is 1.76. The molecule has 0 aliphatic carbocycles. The van der Waals surface area contributed by atoms with E-state index in [9.17, 15) is 4.79 Å². The van der Waals surface area contributed by atoms with Gasteiger partial charge >= 0.3 is 5.69 Å².